The minimum Gasteiger partial charge on any atom is -0.356 e. The number of nitrogens with zero attached hydrogens (tertiary/aromatic N) is 1. The summed E-state index contributed by atoms with van der Waals surface area (Å²) >= 11 is 1.95. The Hall–Kier alpha value is -1.00. The molecule has 1 heterocycles. The van der Waals surface area contributed by atoms with Crippen LogP contribution < -0.4 is 5.32 Å². The van der Waals surface area contributed by atoms with Gasteiger partial charge in [-0.1, -0.05) is 24.3 Å². The van der Waals surface area contributed by atoms with Crippen LogP contribution in [0.25, 0.3) is 0 Å². The first kappa shape index (κ1) is 17.4. The van der Waals surface area contributed by atoms with E-state index in [1.165, 1.54) is 11.1 Å². The van der Waals surface area contributed by atoms with E-state index in [1.807, 2.05) is 11.8 Å². The maximum atomic E-state index is 12.1. The van der Waals surface area contributed by atoms with E-state index in [4.69, 9.17) is 0 Å². The number of nitrogens with one attached hydrogen (secondary N) is 1. The minimum atomic E-state index is 0.193. The van der Waals surface area contributed by atoms with Crippen LogP contribution in [0.4, 0.5) is 0 Å². The second-order valence-corrected chi connectivity index (χ2v) is 7.33. The monoisotopic (exact) mass is 320 g/mol. The van der Waals surface area contributed by atoms with Crippen LogP contribution in [0, 0.1) is 12.8 Å². The average molecular weight is 321 g/mol. The third kappa shape index (κ3) is 5.65. The van der Waals surface area contributed by atoms with Gasteiger partial charge in [0, 0.05) is 18.8 Å². The van der Waals surface area contributed by atoms with E-state index < -0.39 is 0 Å². The molecule has 4 heteroatoms. The standard InChI is InChI=1S/C18H28N2OS/c1-15-7-3-4-8-17(15)14-22-12-6-10-19-18(21)16-9-5-11-20(2)13-16/h3-4,7-8,16H,5-6,9-14H2,1-2H3,(H,19,21)/t16-/m1/s1. The van der Waals surface area contributed by atoms with Gasteiger partial charge in [0.1, 0.15) is 0 Å². The van der Waals surface area contributed by atoms with Crippen molar-refractivity contribution in [3.63, 3.8) is 0 Å². The third-order valence-electron chi connectivity index (χ3n) is 4.28. The van der Waals surface area contributed by atoms with Gasteiger partial charge in [0.25, 0.3) is 0 Å². The summed E-state index contributed by atoms with van der Waals surface area (Å²) in [6.07, 6.45) is 3.23. The van der Waals surface area contributed by atoms with Crippen molar-refractivity contribution in [1.29, 1.82) is 0 Å². The summed E-state index contributed by atoms with van der Waals surface area (Å²) in [6.45, 7) is 5.00. The molecule has 122 valence electrons. The Balaban J connectivity index is 1.55. The SMILES string of the molecule is Cc1ccccc1CSCCCNC(=O)[C@@H]1CCCN(C)C1. The highest BCUT2D eigenvalue weighted by Gasteiger charge is 2.23. The van der Waals surface area contributed by atoms with Gasteiger partial charge in [-0.2, -0.15) is 11.8 Å². The molecule has 1 aromatic carbocycles. The largest absolute Gasteiger partial charge is 0.356 e. The number of rotatable bonds is 7. The molecular formula is C18H28N2OS. The zero-order valence-electron chi connectivity index (χ0n) is 13.8. The van der Waals surface area contributed by atoms with Crippen molar-refractivity contribution in [3.05, 3.63) is 35.4 Å². The van der Waals surface area contributed by atoms with Gasteiger partial charge in [0.2, 0.25) is 5.91 Å². The Morgan fingerprint density at radius 1 is 1.41 bits per heavy atom. The number of thioether (sulfide) groups is 1. The highest BCUT2D eigenvalue weighted by molar-refractivity contribution is 7.98. The van der Waals surface area contributed by atoms with Gasteiger partial charge in [0.15, 0.2) is 0 Å². The molecule has 0 unspecified atom stereocenters. The molecule has 22 heavy (non-hydrogen) atoms. The van der Waals surface area contributed by atoms with Crippen LogP contribution in [0.15, 0.2) is 24.3 Å². The summed E-state index contributed by atoms with van der Waals surface area (Å²) in [4.78, 5) is 14.4. The van der Waals surface area contributed by atoms with Gasteiger partial charge in [-0.3, -0.25) is 4.79 Å². The molecule has 1 aliphatic heterocycles. The molecule has 0 aromatic heterocycles. The topological polar surface area (TPSA) is 32.3 Å². The highest BCUT2D eigenvalue weighted by Crippen LogP contribution is 2.17. The second-order valence-electron chi connectivity index (χ2n) is 6.23. The van der Waals surface area contributed by atoms with Crippen molar-refractivity contribution in [2.24, 2.45) is 5.92 Å². The fraction of sp³-hybridized carbons (Fsp3) is 0.611. The summed E-state index contributed by atoms with van der Waals surface area (Å²) in [5.74, 6) is 2.60. The van der Waals surface area contributed by atoms with Crippen LogP contribution in [-0.2, 0) is 10.5 Å². The summed E-state index contributed by atoms with van der Waals surface area (Å²) in [5.41, 5.74) is 2.78. The van der Waals surface area contributed by atoms with E-state index in [1.54, 1.807) is 0 Å². The first-order valence-corrected chi connectivity index (χ1v) is 9.41. The smallest absolute Gasteiger partial charge is 0.224 e. The van der Waals surface area contributed by atoms with Gasteiger partial charge in [-0.25, -0.2) is 0 Å². The molecule has 0 aliphatic carbocycles. The maximum Gasteiger partial charge on any atom is 0.224 e. The molecule has 3 nitrogen and oxygen atoms in total. The van der Waals surface area contributed by atoms with E-state index in [2.05, 4.69) is 48.5 Å². The Bertz CT molecular complexity index is 478. The first-order chi connectivity index (χ1) is 10.7. The normalized spacial score (nSPS) is 19.1. The summed E-state index contributed by atoms with van der Waals surface area (Å²) < 4.78 is 0. The molecule has 1 aliphatic rings. The first-order valence-electron chi connectivity index (χ1n) is 8.25. The molecule has 1 saturated heterocycles. The van der Waals surface area contributed by atoms with E-state index in [9.17, 15) is 4.79 Å². The lowest BCUT2D eigenvalue weighted by atomic mass is 9.98. The zero-order chi connectivity index (χ0) is 15.8. The highest BCUT2D eigenvalue weighted by atomic mass is 32.2. The number of likely N-dealkylation sites (tertiary alicyclic amines) is 1. The Labute approximate surface area is 138 Å². The minimum absolute atomic E-state index is 0.193. The van der Waals surface area contributed by atoms with Crippen molar-refractivity contribution in [2.75, 3.05) is 32.4 Å². The van der Waals surface area contributed by atoms with Crippen LogP contribution in [0.2, 0.25) is 0 Å². The number of carbonyl (C=O) groups excluding carboxylic acids is 1. The predicted octanol–water partition coefficient (Wildman–Crippen LogP) is 3.08. The lowest BCUT2D eigenvalue weighted by Crippen LogP contribution is -2.41. The third-order valence-corrected chi connectivity index (χ3v) is 5.37. The number of amides is 1. The fourth-order valence-corrected chi connectivity index (χ4v) is 3.90. The van der Waals surface area contributed by atoms with Crippen LogP contribution in [-0.4, -0.2) is 43.2 Å². The number of hydrogen-bond donors (Lipinski definition) is 1. The molecule has 0 saturated carbocycles. The van der Waals surface area contributed by atoms with Crippen molar-refractivity contribution in [3.8, 4) is 0 Å². The fourth-order valence-electron chi connectivity index (χ4n) is 2.86. The summed E-state index contributed by atoms with van der Waals surface area (Å²) in [6, 6.07) is 8.55. The molecule has 1 fully saturated rings. The quantitative estimate of drug-likeness (QED) is 0.784. The van der Waals surface area contributed by atoms with Gasteiger partial charge < -0.3 is 10.2 Å². The van der Waals surface area contributed by atoms with E-state index >= 15 is 0 Å². The average Bonchev–Trinajstić information content (AvgIpc) is 2.52. The lowest BCUT2D eigenvalue weighted by Gasteiger charge is -2.28. The number of benzene rings is 1. The van der Waals surface area contributed by atoms with E-state index in [0.717, 1.165) is 50.4 Å². The van der Waals surface area contributed by atoms with Gasteiger partial charge >= 0.3 is 0 Å². The van der Waals surface area contributed by atoms with Crippen LogP contribution >= 0.6 is 11.8 Å². The van der Waals surface area contributed by atoms with E-state index in [-0.39, 0.29) is 11.8 Å². The van der Waals surface area contributed by atoms with Gasteiger partial charge in [0.05, 0.1) is 5.92 Å². The molecule has 2 rings (SSSR count). The summed E-state index contributed by atoms with van der Waals surface area (Å²) in [5, 5.41) is 3.10. The maximum absolute atomic E-state index is 12.1. The summed E-state index contributed by atoms with van der Waals surface area (Å²) in [7, 11) is 2.10. The molecule has 0 spiro atoms. The van der Waals surface area contributed by atoms with Crippen molar-refractivity contribution < 1.29 is 4.79 Å². The molecule has 1 N–H and O–H groups in total. The zero-order valence-corrected chi connectivity index (χ0v) is 14.6. The Kier molecular flexibility index (Phi) is 7.26. The number of carbonyl (C=O) groups is 1. The Morgan fingerprint density at radius 2 is 2.23 bits per heavy atom. The molecular weight excluding hydrogens is 292 g/mol. The van der Waals surface area contributed by atoms with Crippen molar-refractivity contribution in [2.45, 2.75) is 31.9 Å². The molecule has 1 aromatic rings. The molecule has 0 bridgehead atoms. The second kappa shape index (κ2) is 9.21. The molecule has 1 amide bonds. The van der Waals surface area contributed by atoms with Crippen molar-refractivity contribution >= 4 is 17.7 Å². The van der Waals surface area contributed by atoms with E-state index in [0.29, 0.717) is 0 Å². The van der Waals surface area contributed by atoms with Crippen molar-refractivity contribution in [1.82, 2.24) is 10.2 Å². The molecule has 1 atom stereocenters. The molecule has 0 radical (unpaired) electrons. The number of hydrogen-bond acceptors (Lipinski definition) is 3. The Morgan fingerprint density at radius 3 is 3.00 bits per heavy atom. The predicted molar refractivity (Wildman–Crippen MR) is 95.2 cm³/mol. The number of aryl methyl sites for hydroxylation is 1. The van der Waals surface area contributed by atoms with Crippen LogP contribution in [0.1, 0.15) is 30.4 Å². The van der Waals surface area contributed by atoms with Gasteiger partial charge in [-0.15, -0.1) is 0 Å². The van der Waals surface area contributed by atoms with Crippen LogP contribution in [0.5, 0.6) is 0 Å². The lowest BCUT2D eigenvalue weighted by molar-refractivity contribution is -0.126. The number of piperidine rings is 1. The van der Waals surface area contributed by atoms with Gasteiger partial charge in [-0.05, 0) is 56.7 Å². The van der Waals surface area contributed by atoms with Crippen LogP contribution in [0.3, 0.4) is 0 Å².